The van der Waals surface area contributed by atoms with Gasteiger partial charge >= 0.3 is 0 Å². The Morgan fingerprint density at radius 2 is 1.45 bits per heavy atom. The van der Waals surface area contributed by atoms with Crippen molar-refractivity contribution in [1.82, 2.24) is 0 Å². The van der Waals surface area contributed by atoms with Crippen molar-refractivity contribution in [3.63, 3.8) is 0 Å². The van der Waals surface area contributed by atoms with Crippen LogP contribution in [0.3, 0.4) is 0 Å². The van der Waals surface area contributed by atoms with Crippen molar-refractivity contribution < 1.29 is 9.66 Å². The summed E-state index contributed by atoms with van der Waals surface area (Å²) in [5, 5.41) is 10.7. The zero-order valence-corrected chi connectivity index (χ0v) is 17.9. The van der Waals surface area contributed by atoms with Crippen LogP contribution < -0.4 is 4.74 Å². The van der Waals surface area contributed by atoms with E-state index in [1.807, 2.05) is 42.1 Å². The molecule has 0 aromatic heterocycles. The van der Waals surface area contributed by atoms with E-state index in [4.69, 9.17) is 4.74 Å². The highest BCUT2D eigenvalue weighted by molar-refractivity contribution is 7.99. The molecule has 0 fully saturated rings. The Labute approximate surface area is 178 Å². The van der Waals surface area contributed by atoms with E-state index in [9.17, 15) is 10.1 Å². The Morgan fingerprint density at radius 3 is 2.07 bits per heavy atom. The second-order valence-corrected chi connectivity index (χ2v) is 8.21. The van der Waals surface area contributed by atoms with Crippen molar-refractivity contribution in [3.8, 4) is 16.9 Å². The minimum atomic E-state index is -0.384. The molecule has 0 spiro atoms. The van der Waals surface area contributed by atoms with Gasteiger partial charge in [-0.25, -0.2) is 0 Å². The van der Waals surface area contributed by atoms with E-state index in [2.05, 4.69) is 6.58 Å². The van der Waals surface area contributed by atoms with E-state index in [1.165, 1.54) is 56.4 Å². The monoisotopic (exact) mass is 413 g/mol. The zero-order chi connectivity index (χ0) is 20.7. The predicted molar refractivity (Wildman–Crippen MR) is 124 cm³/mol. The Kier molecular flexibility index (Phi) is 11.0. The van der Waals surface area contributed by atoms with Crippen LogP contribution in [0, 0.1) is 10.1 Å². The Morgan fingerprint density at radius 1 is 0.862 bits per heavy atom. The minimum Gasteiger partial charge on any atom is -0.493 e. The quantitative estimate of drug-likeness (QED) is 0.133. The molecule has 5 heteroatoms. The number of nitro benzene ring substituents is 1. The zero-order valence-electron chi connectivity index (χ0n) is 17.1. The van der Waals surface area contributed by atoms with Gasteiger partial charge in [0.1, 0.15) is 5.75 Å². The van der Waals surface area contributed by atoms with E-state index in [-0.39, 0.29) is 10.6 Å². The molecule has 0 heterocycles. The summed E-state index contributed by atoms with van der Waals surface area (Å²) in [7, 11) is 0. The van der Waals surface area contributed by atoms with Crippen LogP contribution >= 0.6 is 11.8 Å². The third kappa shape index (κ3) is 9.18. The molecule has 2 rings (SSSR count). The average Bonchev–Trinajstić information content (AvgIpc) is 2.75. The predicted octanol–water partition coefficient (Wildman–Crippen LogP) is 7.29. The summed E-state index contributed by atoms with van der Waals surface area (Å²) >= 11 is 1.95. The lowest BCUT2D eigenvalue weighted by Crippen LogP contribution is -2.00. The summed E-state index contributed by atoms with van der Waals surface area (Å²) < 4.78 is 5.81. The summed E-state index contributed by atoms with van der Waals surface area (Å²) in [5.74, 6) is 3.06. The first-order valence-electron chi connectivity index (χ1n) is 10.4. The maximum absolute atomic E-state index is 10.7. The Bertz CT molecular complexity index is 729. The maximum atomic E-state index is 10.7. The smallest absolute Gasteiger partial charge is 0.269 e. The van der Waals surface area contributed by atoms with Crippen LogP contribution in [0.2, 0.25) is 0 Å². The molecule has 0 atom stereocenters. The average molecular weight is 414 g/mol. The lowest BCUT2D eigenvalue weighted by molar-refractivity contribution is -0.384. The highest BCUT2D eigenvalue weighted by Crippen LogP contribution is 2.24. The highest BCUT2D eigenvalue weighted by Gasteiger charge is 2.05. The molecule has 0 unspecified atom stereocenters. The molecule has 2 aromatic carbocycles. The second kappa shape index (κ2) is 13.8. The number of nitrogens with zero attached hydrogens (tertiary/aromatic N) is 1. The molecule has 0 bridgehead atoms. The molecular weight excluding hydrogens is 382 g/mol. The van der Waals surface area contributed by atoms with E-state index < -0.39 is 0 Å². The first-order chi connectivity index (χ1) is 14.2. The van der Waals surface area contributed by atoms with E-state index >= 15 is 0 Å². The fourth-order valence-corrected chi connectivity index (χ4v) is 3.85. The van der Waals surface area contributed by atoms with Gasteiger partial charge in [0, 0.05) is 17.9 Å². The molecule has 0 saturated carbocycles. The number of unbranched alkanes of at least 4 members (excludes halogenated alkanes) is 6. The molecule has 0 aliphatic heterocycles. The van der Waals surface area contributed by atoms with Crippen molar-refractivity contribution >= 4 is 17.4 Å². The van der Waals surface area contributed by atoms with Gasteiger partial charge in [-0.3, -0.25) is 10.1 Å². The molecule has 0 aliphatic carbocycles. The number of nitro groups is 1. The van der Waals surface area contributed by atoms with Crippen molar-refractivity contribution in [1.29, 1.82) is 0 Å². The molecular formula is C24H31NO3S. The molecule has 0 N–H and O–H groups in total. The van der Waals surface area contributed by atoms with Crippen LogP contribution in [0.5, 0.6) is 5.75 Å². The number of allylic oxidation sites excluding steroid dienone is 1. The van der Waals surface area contributed by atoms with E-state index in [0.717, 1.165) is 29.1 Å². The molecule has 29 heavy (non-hydrogen) atoms. The molecule has 156 valence electrons. The van der Waals surface area contributed by atoms with Crippen LogP contribution in [0.1, 0.15) is 44.9 Å². The van der Waals surface area contributed by atoms with Crippen LogP contribution in [0.15, 0.2) is 61.2 Å². The number of hydrogen-bond donors (Lipinski definition) is 0. The lowest BCUT2D eigenvalue weighted by Gasteiger charge is -2.08. The topological polar surface area (TPSA) is 52.4 Å². The van der Waals surface area contributed by atoms with Crippen LogP contribution in [0.25, 0.3) is 11.1 Å². The largest absolute Gasteiger partial charge is 0.493 e. The van der Waals surface area contributed by atoms with Gasteiger partial charge in [0.2, 0.25) is 0 Å². The van der Waals surface area contributed by atoms with Crippen LogP contribution in [0.4, 0.5) is 5.69 Å². The number of hydrogen-bond acceptors (Lipinski definition) is 4. The summed E-state index contributed by atoms with van der Waals surface area (Å²) in [6, 6.07) is 14.5. The molecule has 2 aromatic rings. The van der Waals surface area contributed by atoms with Gasteiger partial charge in [-0.2, -0.15) is 11.8 Å². The first-order valence-corrected chi connectivity index (χ1v) is 11.5. The van der Waals surface area contributed by atoms with Gasteiger partial charge in [-0.15, -0.1) is 6.58 Å². The second-order valence-electron chi connectivity index (χ2n) is 6.99. The Hall–Kier alpha value is -2.27. The van der Waals surface area contributed by atoms with Gasteiger partial charge in [0.05, 0.1) is 11.5 Å². The van der Waals surface area contributed by atoms with Crippen LogP contribution in [-0.2, 0) is 0 Å². The maximum Gasteiger partial charge on any atom is 0.269 e. The number of non-ortho nitro benzene ring substituents is 1. The van der Waals surface area contributed by atoms with Crippen LogP contribution in [-0.4, -0.2) is 23.0 Å². The summed E-state index contributed by atoms with van der Waals surface area (Å²) in [6.07, 6.45) is 11.1. The number of thioether (sulfide) groups is 1. The normalized spacial score (nSPS) is 10.6. The molecule has 0 aliphatic rings. The van der Waals surface area contributed by atoms with Gasteiger partial charge in [0.25, 0.3) is 5.69 Å². The number of ether oxygens (including phenoxy) is 1. The van der Waals surface area contributed by atoms with Gasteiger partial charge in [-0.05, 0) is 60.4 Å². The SMILES string of the molecule is C=CCCCCCCCCSCCOc1ccc(-c2ccc([N+](=O)[O-])cc2)cc1. The third-order valence-corrected chi connectivity index (χ3v) is 5.74. The first kappa shape index (κ1) is 23.0. The van der Waals surface area contributed by atoms with Gasteiger partial charge in [-0.1, -0.05) is 43.9 Å². The van der Waals surface area contributed by atoms with E-state index in [1.54, 1.807) is 12.1 Å². The highest BCUT2D eigenvalue weighted by atomic mass is 32.2. The Balaban J connectivity index is 1.56. The van der Waals surface area contributed by atoms with Crippen molar-refractivity contribution in [2.75, 3.05) is 18.1 Å². The van der Waals surface area contributed by atoms with Gasteiger partial charge in [0.15, 0.2) is 0 Å². The standard InChI is InChI=1S/C24H31NO3S/c1-2-3-4-5-6-7-8-9-19-29-20-18-28-24-16-12-22(13-17-24)21-10-14-23(15-11-21)25(26)27/h2,10-17H,1,3-9,18-20H2. The summed E-state index contributed by atoms with van der Waals surface area (Å²) in [4.78, 5) is 10.4. The minimum absolute atomic E-state index is 0.106. The molecule has 0 radical (unpaired) electrons. The van der Waals surface area contributed by atoms with Gasteiger partial charge < -0.3 is 4.74 Å². The molecule has 0 amide bonds. The lowest BCUT2D eigenvalue weighted by atomic mass is 10.1. The fraction of sp³-hybridized carbons (Fsp3) is 0.417. The molecule has 4 nitrogen and oxygen atoms in total. The van der Waals surface area contributed by atoms with Crippen molar-refractivity contribution in [3.05, 3.63) is 71.3 Å². The summed E-state index contributed by atoms with van der Waals surface area (Å²) in [6.45, 7) is 4.47. The van der Waals surface area contributed by atoms with Crippen molar-refractivity contribution in [2.24, 2.45) is 0 Å². The molecule has 0 saturated heterocycles. The van der Waals surface area contributed by atoms with Crippen molar-refractivity contribution in [2.45, 2.75) is 44.9 Å². The third-order valence-electron chi connectivity index (χ3n) is 4.71. The number of benzene rings is 2. The van der Waals surface area contributed by atoms with E-state index in [0.29, 0.717) is 6.61 Å². The number of rotatable bonds is 15. The summed E-state index contributed by atoms with van der Waals surface area (Å²) in [5.41, 5.74) is 2.08. The fourth-order valence-electron chi connectivity index (χ4n) is 3.04.